The van der Waals surface area contributed by atoms with E-state index < -0.39 is 0 Å². The summed E-state index contributed by atoms with van der Waals surface area (Å²) < 4.78 is 18.9. The van der Waals surface area contributed by atoms with Gasteiger partial charge in [0.1, 0.15) is 17.7 Å². The normalized spacial score (nSPS) is 16.3. The van der Waals surface area contributed by atoms with Gasteiger partial charge in [0.05, 0.1) is 6.54 Å². The number of halogens is 2. The molecule has 8 heteroatoms. The number of hydrogen-bond acceptors (Lipinski definition) is 3. The van der Waals surface area contributed by atoms with Crippen molar-refractivity contribution in [2.24, 2.45) is 10.9 Å². The van der Waals surface area contributed by atoms with Crippen molar-refractivity contribution in [3.8, 4) is 5.75 Å². The Hall–Kier alpha value is -1.58. The van der Waals surface area contributed by atoms with Gasteiger partial charge in [0.2, 0.25) is 5.91 Å². The number of hydrogen-bond donors (Lipinski definition) is 2. The van der Waals surface area contributed by atoms with Gasteiger partial charge in [-0.25, -0.2) is 4.39 Å². The van der Waals surface area contributed by atoms with Crippen molar-refractivity contribution >= 4 is 35.8 Å². The molecular weight excluding hydrogens is 462 g/mol. The fourth-order valence-corrected chi connectivity index (χ4v) is 3.09. The van der Waals surface area contributed by atoms with Crippen LogP contribution in [0, 0.1) is 11.7 Å². The molecule has 1 saturated heterocycles. The van der Waals surface area contributed by atoms with Crippen LogP contribution in [0.2, 0.25) is 0 Å². The number of benzene rings is 1. The number of carbonyl (C=O) groups excluding carboxylic acids is 1. The molecule has 1 aliphatic rings. The first kappa shape index (κ1) is 23.5. The summed E-state index contributed by atoms with van der Waals surface area (Å²) in [4.78, 5) is 18.0. The number of ether oxygens (including phenoxy) is 1. The van der Waals surface area contributed by atoms with Gasteiger partial charge >= 0.3 is 0 Å². The zero-order valence-electron chi connectivity index (χ0n) is 16.2. The standard InChI is InChI=1S/C19H29FN4O2.HI/c1-14(26-17-6-4-5-16(20)12-17)13-23-19(22-3)24-9-7-15(8-10-24)11-18(25)21-2;/h4-6,12,14-15H,7-11,13H2,1-3H3,(H,21,25)(H,22,23);1H. The van der Waals surface area contributed by atoms with E-state index in [1.54, 1.807) is 26.2 Å². The minimum absolute atomic E-state index is 0. The Morgan fingerprint density at radius 3 is 2.70 bits per heavy atom. The molecule has 0 bridgehead atoms. The van der Waals surface area contributed by atoms with E-state index in [2.05, 4.69) is 20.5 Å². The summed E-state index contributed by atoms with van der Waals surface area (Å²) in [5, 5.41) is 6.01. The second-order valence-corrected chi connectivity index (χ2v) is 6.62. The fraction of sp³-hybridized carbons (Fsp3) is 0.579. The number of piperidine rings is 1. The number of nitrogens with one attached hydrogen (secondary N) is 2. The molecule has 1 fully saturated rings. The average Bonchev–Trinajstić information content (AvgIpc) is 2.63. The van der Waals surface area contributed by atoms with Gasteiger partial charge in [0.25, 0.3) is 0 Å². The molecular formula is C19H30FIN4O2. The van der Waals surface area contributed by atoms with E-state index in [0.717, 1.165) is 31.9 Å². The Morgan fingerprint density at radius 1 is 1.41 bits per heavy atom. The number of aliphatic imine (C=N–C) groups is 1. The van der Waals surface area contributed by atoms with Crippen LogP contribution in [0.5, 0.6) is 5.75 Å². The number of nitrogens with zero attached hydrogens (tertiary/aromatic N) is 2. The van der Waals surface area contributed by atoms with Gasteiger partial charge < -0.3 is 20.3 Å². The van der Waals surface area contributed by atoms with Crippen molar-refractivity contribution in [3.63, 3.8) is 0 Å². The molecule has 1 amide bonds. The maximum atomic E-state index is 13.2. The molecule has 1 heterocycles. The third kappa shape index (κ3) is 7.90. The van der Waals surface area contributed by atoms with Crippen LogP contribution in [-0.4, -0.2) is 56.6 Å². The summed E-state index contributed by atoms with van der Waals surface area (Å²) in [5.74, 6) is 1.58. The molecule has 152 valence electrons. The van der Waals surface area contributed by atoms with Crippen LogP contribution < -0.4 is 15.4 Å². The van der Waals surface area contributed by atoms with Crippen LogP contribution in [0.25, 0.3) is 0 Å². The zero-order valence-corrected chi connectivity index (χ0v) is 18.5. The van der Waals surface area contributed by atoms with E-state index in [9.17, 15) is 9.18 Å². The lowest BCUT2D eigenvalue weighted by atomic mass is 9.93. The molecule has 1 aromatic carbocycles. The Bertz CT molecular complexity index is 621. The van der Waals surface area contributed by atoms with Crippen molar-refractivity contribution in [3.05, 3.63) is 30.1 Å². The first-order chi connectivity index (χ1) is 12.5. The molecule has 6 nitrogen and oxygen atoms in total. The van der Waals surface area contributed by atoms with Gasteiger partial charge in [-0.05, 0) is 37.8 Å². The van der Waals surface area contributed by atoms with E-state index in [1.165, 1.54) is 12.1 Å². The molecule has 1 unspecified atom stereocenters. The molecule has 27 heavy (non-hydrogen) atoms. The van der Waals surface area contributed by atoms with Gasteiger partial charge in [-0.15, -0.1) is 24.0 Å². The largest absolute Gasteiger partial charge is 0.489 e. The Kier molecular flexibility index (Phi) is 10.4. The molecule has 0 aromatic heterocycles. The third-order valence-electron chi connectivity index (χ3n) is 4.56. The molecule has 0 spiro atoms. The van der Waals surface area contributed by atoms with E-state index in [0.29, 0.717) is 24.6 Å². The zero-order chi connectivity index (χ0) is 18.9. The molecule has 0 aliphatic carbocycles. The van der Waals surface area contributed by atoms with Gasteiger partial charge in [-0.2, -0.15) is 0 Å². The Balaban J connectivity index is 0.00000364. The first-order valence-electron chi connectivity index (χ1n) is 9.10. The molecule has 0 radical (unpaired) electrons. The van der Waals surface area contributed by atoms with E-state index in [4.69, 9.17) is 4.74 Å². The van der Waals surface area contributed by atoms with Gasteiger partial charge in [0, 0.05) is 39.7 Å². The van der Waals surface area contributed by atoms with Gasteiger partial charge in [-0.1, -0.05) is 6.07 Å². The van der Waals surface area contributed by atoms with Crippen molar-refractivity contribution in [2.75, 3.05) is 33.7 Å². The first-order valence-corrected chi connectivity index (χ1v) is 9.10. The molecule has 2 rings (SSSR count). The van der Waals surface area contributed by atoms with Crippen molar-refractivity contribution in [1.29, 1.82) is 0 Å². The molecule has 1 aliphatic heterocycles. The van der Waals surface area contributed by atoms with Gasteiger partial charge in [-0.3, -0.25) is 9.79 Å². The summed E-state index contributed by atoms with van der Waals surface area (Å²) >= 11 is 0. The predicted octanol–water partition coefficient (Wildman–Crippen LogP) is 2.63. The summed E-state index contributed by atoms with van der Waals surface area (Å²) in [6.45, 7) is 4.25. The molecule has 1 atom stereocenters. The highest BCUT2D eigenvalue weighted by molar-refractivity contribution is 14.0. The lowest BCUT2D eigenvalue weighted by molar-refractivity contribution is -0.121. The smallest absolute Gasteiger partial charge is 0.220 e. The quantitative estimate of drug-likeness (QED) is 0.364. The van der Waals surface area contributed by atoms with Gasteiger partial charge in [0.15, 0.2) is 5.96 Å². The summed E-state index contributed by atoms with van der Waals surface area (Å²) in [5.41, 5.74) is 0. The van der Waals surface area contributed by atoms with E-state index in [-0.39, 0.29) is 41.8 Å². The number of guanidine groups is 1. The Labute approximate surface area is 178 Å². The van der Waals surface area contributed by atoms with Crippen LogP contribution in [0.3, 0.4) is 0 Å². The van der Waals surface area contributed by atoms with Crippen LogP contribution in [0.1, 0.15) is 26.2 Å². The predicted molar refractivity (Wildman–Crippen MR) is 116 cm³/mol. The van der Waals surface area contributed by atoms with Crippen LogP contribution in [-0.2, 0) is 4.79 Å². The highest BCUT2D eigenvalue weighted by Crippen LogP contribution is 2.20. The number of amides is 1. The lowest BCUT2D eigenvalue weighted by Gasteiger charge is -2.34. The average molecular weight is 492 g/mol. The summed E-state index contributed by atoms with van der Waals surface area (Å²) in [7, 11) is 3.44. The highest BCUT2D eigenvalue weighted by Gasteiger charge is 2.23. The Morgan fingerprint density at radius 2 is 2.11 bits per heavy atom. The summed E-state index contributed by atoms with van der Waals surface area (Å²) in [6, 6.07) is 6.15. The van der Waals surface area contributed by atoms with Crippen molar-refractivity contribution in [2.45, 2.75) is 32.3 Å². The second kappa shape index (κ2) is 12.0. The lowest BCUT2D eigenvalue weighted by Crippen LogP contribution is -2.48. The SMILES string of the molecule is CN=C(NCC(C)Oc1cccc(F)c1)N1CCC(CC(=O)NC)CC1.I. The monoisotopic (exact) mass is 492 g/mol. The van der Waals surface area contributed by atoms with Crippen LogP contribution in [0.4, 0.5) is 4.39 Å². The molecule has 1 aromatic rings. The molecule has 0 saturated carbocycles. The van der Waals surface area contributed by atoms with Crippen molar-refractivity contribution in [1.82, 2.24) is 15.5 Å². The van der Waals surface area contributed by atoms with Crippen LogP contribution >= 0.6 is 24.0 Å². The summed E-state index contributed by atoms with van der Waals surface area (Å²) in [6.07, 6.45) is 2.42. The highest BCUT2D eigenvalue weighted by atomic mass is 127. The number of likely N-dealkylation sites (tertiary alicyclic amines) is 1. The number of rotatable bonds is 6. The van der Waals surface area contributed by atoms with Crippen molar-refractivity contribution < 1.29 is 13.9 Å². The van der Waals surface area contributed by atoms with E-state index >= 15 is 0 Å². The minimum Gasteiger partial charge on any atom is -0.489 e. The maximum Gasteiger partial charge on any atom is 0.220 e. The number of carbonyl (C=O) groups is 1. The fourth-order valence-electron chi connectivity index (χ4n) is 3.09. The minimum atomic E-state index is -0.307. The van der Waals surface area contributed by atoms with E-state index in [1.807, 2.05) is 6.92 Å². The van der Waals surface area contributed by atoms with Crippen LogP contribution in [0.15, 0.2) is 29.3 Å². The third-order valence-corrected chi connectivity index (χ3v) is 4.56. The second-order valence-electron chi connectivity index (χ2n) is 6.62. The maximum absolute atomic E-state index is 13.2. The topological polar surface area (TPSA) is 66.0 Å². The molecule has 2 N–H and O–H groups in total.